The van der Waals surface area contributed by atoms with Gasteiger partial charge in [-0.2, -0.15) is 0 Å². The number of benzene rings is 2. The average molecular weight is 295 g/mol. The van der Waals surface area contributed by atoms with Crippen LogP contribution in [0.3, 0.4) is 0 Å². The van der Waals surface area contributed by atoms with Gasteiger partial charge in [0.05, 0.1) is 5.56 Å². The quantitative estimate of drug-likeness (QED) is 0.818. The molecule has 2 aromatic rings. The molecule has 2 aromatic carbocycles. The fourth-order valence-electron chi connectivity index (χ4n) is 1.67. The molecule has 0 spiro atoms. The summed E-state index contributed by atoms with van der Waals surface area (Å²) < 4.78 is 0. The van der Waals surface area contributed by atoms with E-state index < -0.39 is 0 Å². The molecule has 0 unspecified atom stereocenters. The van der Waals surface area contributed by atoms with Gasteiger partial charge in [0.1, 0.15) is 0 Å². The number of hydrogen-bond acceptors (Lipinski definition) is 2. The molecule has 0 aliphatic rings. The number of nitrogens with two attached hydrogens (primary N) is 1. The number of anilines is 2. The van der Waals surface area contributed by atoms with Gasteiger partial charge in [-0.05, 0) is 42.8 Å². The van der Waals surface area contributed by atoms with Crippen LogP contribution >= 0.6 is 23.2 Å². The second kappa shape index (κ2) is 5.51. The van der Waals surface area contributed by atoms with Crippen LogP contribution in [-0.4, -0.2) is 5.91 Å². The SMILES string of the molecule is Cc1c(Cl)cccc1NC(=O)c1ccc(Cl)cc1N. The van der Waals surface area contributed by atoms with Crippen LogP contribution in [0.4, 0.5) is 11.4 Å². The lowest BCUT2D eigenvalue weighted by atomic mass is 10.1. The van der Waals surface area contributed by atoms with Crippen molar-refractivity contribution in [2.45, 2.75) is 6.92 Å². The van der Waals surface area contributed by atoms with Gasteiger partial charge < -0.3 is 11.1 Å². The van der Waals surface area contributed by atoms with Gasteiger partial charge in [-0.3, -0.25) is 4.79 Å². The van der Waals surface area contributed by atoms with E-state index in [9.17, 15) is 4.79 Å². The van der Waals surface area contributed by atoms with Crippen molar-refractivity contribution in [3.63, 3.8) is 0 Å². The Labute approximate surface area is 121 Å². The van der Waals surface area contributed by atoms with Crippen LogP contribution in [0.5, 0.6) is 0 Å². The van der Waals surface area contributed by atoms with E-state index in [1.807, 2.05) is 6.92 Å². The van der Waals surface area contributed by atoms with Crippen LogP contribution in [0.25, 0.3) is 0 Å². The molecule has 0 fully saturated rings. The molecule has 19 heavy (non-hydrogen) atoms. The van der Waals surface area contributed by atoms with E-state index in [2.05, 4.69) is 5.32 Å². The number of halogens is 2. The van der Waals surface area contributed by atoms with Crippen molar-refractivity contribution >= 4 is 40.5 Å². The zero-order chi connectivity index (χ0) is 14.0. The summed E-state index contributed by atoms with van der Waals surface area (Å²) in [6, 6.07) is 10.1. The van der Waals surface area contributed by atoms with Crippen molar-refractivity contribution in [3.05, 3.63) is 57.6 Å². The highest BCUT2D eigenvalue weighted by atomic mass is 35.5. The molecule has 0 radical (unpaired) electrons. The van der Waals surface area contributed by atoms with Crippen molar-refractivity contribution in [2.24, 2.45) is 0 Å². The number of nitrogens with one attached hydrogen (secondary N) is 1. The lowest BCUT2D eigenvalue weighted by Crippen LogP contribution is -2.14. The predicted molar refractivity (Wildman–Crippen MR) is 80.0 cm³/mol. The maximum atomic E-state index is 12.1. The Balaban J connectivity index is 2.28. The second-order valence-electron chi connectivity index (χ2n) is 4.10. The van der Waals surface area contributed by atoms with Crippen molar-refractivity contribution in [3.8, 4) is 0 Å². The molecule has 0 atom stereocenters. The first-order chi connectivity index (χ1) is 8.99. The lowest BCUT2D eigenvalue weighted by molar-refractivity contribution is 0.102. The molecule has 98 valence electrons. The molecule has 5 heteroatoms. The highest BCUT2D eigenvalue weighted by Gasteiger charge is 2.12. The summed E-state index contributed by atoms with van der Waals surface area (Å²) >= 11 is 11.8. The topological polar surface area (TPSA) is 55.1 Å². The Hall–Kier alpha value is -1.71. The summed E-state index contributed by atoms with van der Waals surface area (Å²) in [5.41, 5.74) is 7.96. The molecular weight excluding hydrogens is 283 g/mol. The monoisotopic (exact) mass is 294 g/mol. The predicted octanol–water partition coefficient (Wildman–Crippen LogP) is 4.14. The molecule has 0 saturated heterocycles. The normalized spacial score (nSPS) is 10.3. The summed E-state index contributed by atoms with van der Waals surface area (Å²) in [5, 5.41) is 3.87. The van der Waals surface area contributed by atoms with Gasteiger partial charge in [-0.1, -0.05) is 29.3 Å². The zero-order valence-corrected chi connectivity index (χ0v) is 11.7. The van der Waals surface area contributed by atoms with Gasteiger partial charge in [0.25, 0.3) is 5.91 Å². The van der Waals surface area contributed by atoms with Crippen molar-refractivity contribution < 1.29 is 4.79 Å². The van der Waals surface area contributed by atoms with Gasteiger partial charge in [-0.25, -0.2) is 0 Å². The van der Waals surface area contributed by atoms with E-state index in [0.29, 0.717) is 27.0 Å². The second-order valence-corrected chi connectivity index (χ2v) is 4.94. The molecule has 0 saturated carbocycles. The molecule has 3 nitrogen and oxygen atoms in total. The highest BCUT2D eigenvalue weighted by molar-refractivity contribution is 6.32. The van der Waals surface area contributed by atoms with Crippen molar-refractivity contribution in [1.29, 1.82) is 0 Å². The molecule has 0 aliphatic carbocycles. The largest absolute Gasteiger partial charge is 0.398 e. The smallest absolute Gasteiger partial charge is 0.257 e. The van der Waals surface area contributed by atoms with Crippen LogP contribution in [0.2, 0.25) is 10.0 Å². The van der Waals surface area contributed by atoms with E-state index in [1.54, 1.807) is 36.4 Å². The summed E-state index contributed by atoms with van der Waals surface area (Å²) in [6.45, 7) is 1.84. The van der Waals surface area contributed by atoms with Gasteiger partial charge in [0, 0.05) is 21.4 Å². The molecule has 0 heterocycles. The van der Waals surface area contributed by atoms with Gasteiger partial charge >= 0.3 is 0 Å². The average Bonchev–Trinajstić information content (AvgIpc) is 2.34. The van der Waals surface area contributed by atoms with Crippen LogP contribution < -0.4 is 11.1 Å². The summed E-state index contributed by atoms with van der Waals surface area (Å²) in [7, 11) is 0. The highest BCUT2D eigenvalue weighted by Crippen LogP contribution is 2.24. The number of carbonyl (C=O) groups excluding carboxylic acids is 1. The van der Waals surface area contributed by atoms with E-state index >= 15 is 0 Å². The maximum absolute atomic E-state index is 12.1. The Morgan fingerprint density at radius 1 is 1.21 bits per heavy atom. The summed E-state index contributed by atoms with van der Waals surface area (Å²) in [4.78, 5) is 12.1. The fraction of sp³-hybridized carbons (Fsp3) is 0.0714. The molecule has 1 amide bonds. The number of carbonyl (C=O) groups is 1. The zero-order valence-electron chi connectivity index (χ0n) is 10.2. The van der Waals surface area contributed by atoms with Crippen LogP contribution in [0.1, 0.15) is 15.9 Å². The van der Waals surface area contributed by atoms with Crippen LogP contribution in [0, 0.1) is 6.92 Å². The lowest BCUT2D eigenvalue weighted by Gasteiger charge is -2.11. The number of nitrogen functional groups attached to an aromatic ring is 1. The molecular formula is C14H12Cl2N2O. The molecule has 0 bridgehead atoms. The van der Waals surface area contributed by atoms with Crippen molar-refractivity contribution in [1.82, 2.24) is 0 Å². The molecule has 0 aromatic heterocycles. The summed E-state index contributed by atoms with van der Waals surface area (Å²) in [6.07, 6.45) is 0. The van der Waals surface area contributed by atoms with Gasteiger partial charge in [0.2, 0.25) is 0 Å². The first kappa shape index (κ1) is 13.7. The van der Waals surface area contributed by atoms with Crippen molar-refractivity contribution in [2.75, 3.05) is 11.1 Å². The minimum absolute atomic E-state index is 0.292. The Morgan fingerprint density at radius 3 is 2.63 bits per heavy atom. The minimum Gasteiger partial charge on any atom is -0.398 e. The third-order valence-corrected chi connectivity index (χ3v) is 3.42. The fourth-order valence-corrected chi connectivity index (χ4v) is 2.03. The first-order valence-electron chi connectivity index (χ1n) is 5.60. The molecule has 0 aliphatic heterocycles. The third-order valence-electron chi connectivity index (χ3n) is 2.77. The van der Waals surface area contributed by atoms with Crippen LogP contribution in [-0.2, 0) is 0 Å². The number of hydrogen-bond donors (Lipinski definition) is 2. The Kier molecular flexibility index (Phi) is 3.98. The van der Waals surface area contributed by atoms with E-state index in [4.69, 9.17) is 28.9 Å². The van der Waals surface area contributed by atoms with E-state index in [-0.39, 0.29) is 5.91 Å². The Bertz CT molecular complexity index is 641. The summed E-state index contributed by atoms with van der Waals surface area (Å²) in [5.74, 6) is -0.292. The van der Waals surface area contributed by atoms with Gasteiger partial charge in [0.15, 0.2) is 0 Å². The minimum atomic E-state index is -0.292. The molecule has 3 N–H and O–H groups in total. The standard InChI is InChI=1S/C14H12Cl2N2O/c1-8-11(16)3-2-4-13(8)18-14(19)10-6-5-9(15)7-12(10)17/h2-7H,17H2,1H3,(H,18,19). The number of amides is 1. The Morgan fingerprint density at radius 2 is 1.95 bits per heavy atom. The first-order valence-corrected chi connectivity index (χ1v) is 6.36. The van der Waals surface area contributed by atoms with Crippen LogP contribution in [0.15, 0.2) is 36.4 Å². The van der Waals surface area contributed by atoms with E-state index in [1.165, 1.54) is 0 Å². The number of rotatable bonds is 2. The third kappa shape index (κ3) is 3.00. The molecule has 2 rings (SSSR count). The maximum Gasteiger partial charge on any atom is 0.257 e. The van der Waals surface area contributed by atoms with Gasteiger partial charge in [-0.15, -0.1) is 0 Å². The van der Waals surface area contributed by atoms with E-state index in [0.717, 1.165) is 5.56 Å².